The van der Waals surface area contributed by atoms with Gasteiger partial charge in [0.25, 0.3) is 0 Å². The van der Waals surface area contributed by atoms with Crippen molar-refractivity contribution in [1.82, 2.24) is 4.98 Å². The van der Waals surface area contributed by atoms with Crippen molar-refractivity contribution in [3.05, 3.63) is 78.4 Å². The second-order valence-electron chi connectivity index (χ2n) is 6.28. The molecule has 0 aliphatic rings. The van der Waals surface area contributed by atoms with Crippen LogP contribution in [-0.2, 0) is 9.53 Å². The Bertz CT molecular complexity index is 1100. The minimum Gasteiger partial charge on any atom is -0.497 e. The first-order valence-electron chi connectivity index (χ1n) is 9.03. The first kappa shape index (κ1) is 18.6. The number of aromatic nitrogens is 1. The van der Waals surface area contributed by atoms with Crippen molar-refractivity contribution >= 4 is 17.1 Å². The molecule has 0 radical (unpaired) electrons. The molecule has 4 aromatic rings. The van der Waals surface area contributed by atoms with Gasteiger partial charge in [0, 0.05) is 5.56 Å². The van der Waals surface area contributed by atoms with Gasteiger partial charge in [0.1, 0.15) is 17.0 Å². The smallest absolute Gasteiger partial charge is 0.351 e. The number of fused-ring (bicyclic) bond motifs is 1. The average molecular weight is 389 g/mol. The maximum atomic E-state index is 12.4. The zero-order chi connectivity index (χ0) is 20.2. The van der Waals surface area contributed by atoms with Gasteiger partial charge in [-0.15, -0.1) is 0 Å². The number of rotatable bonds is 6. The molecular formula is C23H19NO5. The maximum Gasteiger partial charge on any atom is 0.351 e. The fourth-order valence-corrected chi connectivity index (χ4v) is 3.01. The number of carbonyl (C=O) groups excluding carboxylic acids is 1. The van der Waals surface area contributed by atoms with Crippen molar-refractivity contribution in [3.63, 3.8) is 0 Å². The Kier molecular flexibility index (Phi) is 5.16. The Morgan fingerprint density at radius 2 is 1.72 bits per heavy atom. The van der Waals surface area contributed by atoms with Crippen LogP contribution in [-0.4, -0.2) is 25.2 Å². The van der Waals surface area contributed by atoms with Crippen LogP contribution in [0.5, 0.6) is 11.5 Å². The molecule has 6 nitrogen and oxygen atoms in total. The van der Waals surface area contributed by atoms with Crippen LogP contribution in [0.2, 0.25) is 0 Å². The molecule has 1 aromatic heterocycles. The first-order valence-corrected chi connectivity index (χ1v) is 9.03. The molecular weight excluding hydrogens is 370 g/mol. The summed E-state index contributed by atoms with van der Waals surface area (Å²) in [6.45, 7) is 0. The molecule has 0 saturated carbocycles. The lowest BCUT2D eigenvalue weighted by atomic mass is 10.1. The van der Waals surface area contributed by atoms with E-state index in [2.05, 4.69) is 4.98 Å². The zero-order valence-electron chi connectivity index (χ0n) is 16.0. The van der Waals surface area contributed by atoms with Gasteiger partial charge in [-0.1, -0.05) is 42.5 Å². The van der Waals surface area contributed by atoms with Gasteiger partial charge < -0.3 is 18.6 Å². The summed E-state index contributed by atoms with van der Waals surface area (Å²) >= 11 is 0. The summed E-state index contributed by atoms with van der Waals surface area (Å²) in [7, 11) is 2.91. The van der Waals surface area contributed by atoms with E-state index in [4.69, 9.17) is 18.6 Å². The van der Waals surface area contributed by atoms with E-state index >= 15 is 0 Å². The summed E-state index contributed by atoms with van der Waals surface area (Å²) in [6, 6.07) is 21.9. The molecule has 4 rings (SSSR count). The Hall–Kier alpha value is -3.80. The second-order valence-corrected chi connectivity index (χ2v) is 6.28. The van der Waals surface area contributed by atoms with Crippen LogP contribution in [0.25, 0.3) is 22.6 Å². The predicted octanol–water partition coefficient (Wildman–Crippen LogP) is 4.80. The minimum absolute atomic E-state index is 0.372. The van der Waals surface area contributed by atoms with E-state index in [-0.39, 0.29) is 0 Å². The molecule has 0 N–H and O–H groups in total. The monoisotopic (exact) mass is 389 g/mol. The van der Waals surface area contributed by atoms with Crippen LogP contribution in [0.15, 0.2) is 77.2 Å². The molecule has 1 atom stereocenters. The predicted molar refractivity (Wildman–Crippen MR) is 108 cm³/mol. The summed E-state index contributed by atoms with van der Waals surface area (Å²) in [5, 5.41) is 0. The molecule has 146 valence electrons. The first-order chi connectivity index (χ1) is 14.2. The Labute approximate surface area is 167 Å². The quantitative estimate of drug-likeness (QED) is 0.441. The minimum atomic E-state index is -0.933. The number of hydrogen-bond donors (Lipinski definition) is 0. The normalized spacial score (nSPS) is 11.8. The van der Waals surface area contributed by atoms with E-state index in [0.717, 1.165) is 5.52 Å². The van der Waals surface area contributed by atoms with E-state index in [1.54, 1.807) is 25.3 Å². The van der Waals surface area contributed by atoms with Crippen molar-refractivity contribution in [2.24, 2.45) is 0 Å². The van der Waals surface area contributed by atoms with Gasteiger partial charge in [-0.2, -0.15) is 0 Å². The van der Waals surface area contributed by atoms with E-state index in [9.17, 15) is 4.79 Å². The largest absolute Gasteiger partial charge is 0.497 e. The standard InChI is InChI=1S/C23H19NO5/c1-26-16-12-13-19(28-21(23(25)27-2)15-8-4-3-5-9-15)17(14-16)22-24-18-10-6-7-11-20(18)29-22/h3-14,21H,1-2H3. The fourth-order valence-electron chi connectivity index (χ4n) is 3.01. The average Bonchev–Trinajstić information content (AvgIpc) is 3.21. The van der Waals surface area contributed by atoms with Crippen LogP contribution >= 0.6 is 0 Å². The molecule has 0 aliphatic heterocycles. The highest BCUT2D eigenvalue weighted by atomic mass is 16.6. The Morgan fingerprint density at radius 3 is 2.45 bits per heavy atom. The molecule has 1 unspecified atom stereocenters. The zero-order valence-corrected chi connectivity index (χ0v) is 16.0. The van der Waals surface area contributed by atoms with E-state index in [0.29, 0.717) is 34.1 Å². The third kappa shape index (κ3) is 3.78. The molecule has 0 fully saturated rings. The molecule has 6 heteroatoms. The number of carbonyl (C=O) groups is 1. The lowest BCUT2D eigenvalue weighted by molar-refractivity contribution is -0.149. The number of para-hydroxylation sites is 2. The van der Waals surface area contributed by atoms with Crippen molar-refractivity contribution in [2.45, 2.75) is 6.10 Å². The SMILES string of the molecule is COC(=O)C(Oc1ccc(OC)cc1-c1nc2ccccc2o1)c1ccccc1. The molecule has 0 bridgehead atoms. The fraction of sp³-hybridized carbons (Fsp3) is 0.130. The van der Waals surface area contributed by atoms with Crippen molar-refractivity contribution in [3.8, 4) is 23.0 Å². The number of benzene rings is 3. The van der Waals surface area contributed by atoms with Crippen LogP contribution in [0.3, 0.4) is 0 Å². The summed E-state index contributed by atoms with van der Waals surface area (Å²) in [5.41, 5.74) is 2.64. The van der Waals surface area contributed by atoms with Crippen molar-refractivity contribution in [1.29, 1.82) is 0 Å². The molecule has 0 spiro atoms. The Morgan fingerprint density at radius 1 is 0.966 bits per heavy atom. The highest BCUT2D eigenvalue weighted by Gasteiger charge is 2.26. The van der Waals surface area contributed by atoms with E-state index in [1.165, 1.54) is 7.11 Å². The molecule has 1 heterocycles. The van der Waals surface area contributed by atoms with Gasteiger partial charge in [-0.25, -0.2) is 9.78 Å². The molecule has 3 aromatic carbocycles. The number of methoxy groups -OCH3 is 2. The van der Waals surface area contributed by atoms with Crippen LogP contribution in [0, 0.1) is 0 Å². The van der Waals surface area contributed by atoms with E-state index in [1.807, 2.05) is 54.6 Å². The van der Waals surface area contributed by atoms with E-state index < -0.39 is 12.1 Å². The van der Waals surface area contributed by atoms with Crippen molar-refractivity contribution in [2.75, 3.05) is 14.2 Å². The Balaban J connectivity index is 1.79. The lowest BCUT2D eigenvalue weighted by Gasteiger charge is -2.19. The van der Waals surface area contributed by atoms with Crippen LogP contribution < -0.4 is 9.47 Å². The van der Waals surface area contributed by atoms with Gasteiger partial charge in [0.05, 0.1) is 19.8 Å². The summed E-state index contributed by atoms with van der Waals surface area (Å²) in [5.74, 6) is 0.910. The number of nitrogens with zero attached hydrogens (tertiary/aromatic N) is 1. The summed E-state index contributed by atoms with van der Waals surface area (Å²) in [4.78, 5) is 17.0. The summed E-state index contributed by atoms with van der Waals surface area (Å²) in [6.07, 6.45) is -0.933. The topological polar surface area (TPSA) is 70.8 Å². The number of ether oxygens (including phenoxy) is 3. The lowest BCUT2D eigenvalue weighted by Crippen LogP contribution is -2.20. The number of oxazole rings is 1. The molecule has 0 amide bonds. The molecule has 0 saturated heterocycles. The van der Waals surface area contributed by atoms with Crippen molar-refractivity contribution < 1.29 is 23.4 Å². The number of hydrogen-bond acceptors (Lipinski definition) is 6. The highest BCUT2D eigenvalue weighted by Crippen LogP contribution is 2.37. The van der Waals surface area contributed by atoms with Gasteiger partial charge >= 0.3 is 5.97 Å². The maximum absolute atomic E-state index is 12.4. The summed E-state index contributed by atoms with van der Waals surface area (Å²) < 4.78 is 22.3. The van der Waals surface area contributed by atoms with Gasteiger partial charge in [0.15, 0.2) is 5.58 Å². The molecule has 29 heavy (non-hydrogen) atoms. The number of esters is 1. The third-order valence-electron chi connectivity index (χ3n) is 4.47. The van der Waals surface area contributed by atoms with Gasteiger partial charge in [-0.3, -0.25) is 0 Å². The van der Waals surface area contributed by atoms with Crippen LogP contribution in [0.1, 0.15) is 11.7 Å². The highest BCUT2D eigenvalue weighted by molar-refractivity contribution is 5.79. The molecule has 0 aliphatic carbocycles. The third-order valence-corrected chi connectivity index (χ3v) is 4.47. The van der Waals surface area contributed by atoms with Crippen LogP contribution in [0.4, 0.5) is 0 Å². The van der Waals surface area contributed by atoms with Gasteiger partial charge in [0.2, 0.25) is 12.0 Å². The van der Waals surface area contributed by atoms with Gasteiger partial charge in [-0.05, 0) is 30.3 Å². The second kappa shape index (κ2) is 8.06.